The van der Waals surface area contributed by atoms with E-state index in [1.54, 1.807) is 17.8 Å². The highest BCUT2D eigenvalue weighted by molar-refractivity contribution is 7.98. The van der Waals surface area contributed by atoms with Crippen LogP contribution in [0.1, 0.15) is 19.8 Å². The van der Waals surface area contributed by atoms with Gasteiger partial charge in [0, 0.05) is 6.54 Å². The molecule has 0 atom stereocenters. The Morgan fingerprint density at radius 3 is 2.74 bits per heavy atom. The Morgan fingerprint density at radius 2 is 2.16 bits per heavy atom. The van der Waals surface area contributed by atoms with Crippen molar-refractivity contribution in [3.8, 4) is 0 Å². The van der Waals surface area contributed by atoms with Crippen LogP contribution in [-0.4, -0.2) is 24.2 Å². The van der Waals surface area contributed by atoms with Crippen LogP contribution < -0.4 is 5.14 Å². The van der Waals surface area contributed by atoms with Gasteiger partial charge in [-0.2, -0.15) is 0 Å². The number of nitrogens with two attached hydrogens (primary N) is 1. The van der Waals surface area contributed by atoms with E-state index in [1.807, 2.05) is 6.26 Å². The van der Waals surface area contributed by atoms with E-state index < -0.39 is 10.0 Å². The van der Waals surface area contributed by atoms with Crippen LogP contribution in [0.5, 0.6) is 0 Å². The van der Waals surface area contributed by atoms with Gasteiger partial charge in [0.2, 0.25) is 10.0 Å². The van der Waals surface area contributed by atoms with Gasteiger partial charge in [0.15, 0.2) is 5.16 Å². The lowest BCUT2D eigenvalue weighted by molar-refractivity contribution is 0.598. The highest BCUT2D eigenvalue weighted by atomic mass is 32.2. The highest BCUT2D eigenvalue weighted by Gasteiger charge is 2.14. The number of rotatable bonds is 5. The van der Waals surface area contributed by atoms with Gasteiger partial charge in [-0.05, 0) is 30.9 Å². The molecule has 104 valence electrons. The van der Waals surface area contributed by atoms with Gasteiger partial charge in [-0.15, -0.1) is 0 Å². The molecule has 19 heavy (non-hydrogen) atoms. The first kappa shape index (κ1) is 14.4. The third-order valence-corrected chi connectivity index (χ3v) is 4.52. The number of aryl methyl sites for hydroxylation is 1. The van der Waals surface area contributed by atoms with Gasteiger partial charge in [0.25, 0.3) is 0 Å². The molecule has 5 nitrogen and oxygen atoms in total. The number of primary sulfonamides is 1. The summed E-state index contributed by atoms with van der Waals surface area (Å²) in [6.07, 6.45) is 4.13. The lowest BCUT2D eigenvalue weighted by Crippen LogP contribution is -2.11. The fourth-order valence-corrected chi connectivity index (χ4v) is 3.09. The average Bonchev–Trinajstić information content (AvgIpc) is 2.72. The van der Waals surface area contributed by atoms with Crippen molar-refractivity contribution in [3.63, 3.8) is 0 Å². The second kappa shape index (κ2) is 5.52. The zero-order chi connectivity index (χ0) is 14.0. The number of aromatic nitrogens is 2. The first-order chi connectivity index (χ1) is 8.97. The van der Waals surface area contributed by atoms with E-state index >= 15 is 0 Å². The maximum atomic E-state index is 11.3. The molecule has 0 saturated carbocycles. The Balaban J connectivity index is 2.57. The largest absolute Gasteiger partial charge is 0.319 e. The molecule has 0 amide bonds. The molecule has 0 bridgehead atoms. The van der Waals surface area contributed by atoms with Crippen molar-refractivity contribution in [1.82, 2.24) is 9.55 Å². The SMILES string of the molecule is CCCCn1c(SC)nc2cc(S(N)(=O)=O)ccc21. The Bertz CT molecular complexity index is 692. The predicted molar refractivity (Wildman–Crippen MR) is 77.8 cm³/mol. The minimum absolute atomic E-state index is 0.104. The van der Waals surface area contributed by atoms with Gasteiger partial charge in [-0.1, -0.05) is 25.1 Å². The summed E-state index contributed by atoms with van der Waals surface area (Å²) in [7, 11) is -3.68. The summed E-state index contributed by atoms with van der Waals surface area (Å²) in [5, 5.41) is 6.04. The molecule has 0 saturated heterocycles. The van der Waals surface area contributed by atoms with E-state index in [4.69, 9.17) is 5.14 Å². The first-order valence-electron chi connectivity index (χ1n) is 6.04. The van der Waals surface area contributed by atoms with Crippen LogP contribution in [-0.2, 0) is 16.6 Å². The number of unbranched alkanes of at least 4 members (excludes halogenated alkanes) is 1. The lowest BCUT2D eigenvalue weighted by Gasteiger charge is -2.06. The molecule has 2 aromatic rings. The molecule has 0 fully saturated rings. The Hall–Kier alpha value is -1.05. The zero-order valence-corrected chi connectivity index (χ0v) is 12.6. The summed E-state index contributed by atoms with van der Waals surface area (Å²) >= 11 is 1.56. The highest BCUT2D eigenvalue weighted by Crippen LogP contribution is 2.25. The topological polar surface area (TPSA) is 78.0 Å². The minimum Gasteiger partial charge on any atom is -0.319 e. The number of thioether (sulfide) groups is 1. The molecule has 1 aromatic carbocycles. The smallest absolute Gasteiger partial charge is 0.238 e. The molecule has 2 rings (SSSR count). The van der Waals surface area contributed by atoms with Crippen molar-refractivity contribution in [1.29, 1.82) is 0 Å². The Kier molecular flexibility index (Phi) is 4.17. The molecule has 0 aliphatic carbocycles. The molecule has 2 N–H and O–H groups in total. The number of hydrogen-bond acceptors (Lipinski definition) is 4. The van der Waals surface area contributed by atoms with Gasteiger partial charge < -0.3 is 4.57 Å². The molecular weight excluding hydrogens is 282 g/mol. The molecular formula is C12H17N3O2S2. The van der Waals surface area contributed by atoms with Crippen LogP contribution in [0.25, 0.3) is 11.0 Å². The predicted octanol–water partition coefficient (Wildman–Crippen LogP) is 2.21. The number of imidazole rings is 1. The van der Waals surface area contributed by atoms with Crippen LogP contribution >= 0.6 is 11.8 Å². The van der Waals surface area contributed by atoms with Crippen LogP contribution in [0.3, 0.4) is 0 Å². The van der Waals surface area contributed by atoms with Gasteiger partial charge in [0.1, 0.15) is 0 Å². The van der Waals surface area contributed by atoms with Crippen molar-refractivity contribution in [3.05, 3.63) is 18.2 Å². The molecule has 1 aromatic heterocycles. The third-order valence-electron chi connectivity index (χ3n) is 2.93. The molecule has 0 unspecified atom stereocenters. The van der Waals surface area contributed by atoms with Gasteiger partial charge in [-0.3, -0.25) is 0 Å². The molecule has 0 aliphatic rings. The summed E-state index contributed by atoms with van der Waals surface area (Å²) < 4.78 is 24.8. The van der Waals surface area contributed by atoms with E-state index in [9.17, 15) is 8.42 Å². The van der Waals surface area contributed by atoms with Crippen LogP contribution in [0.2, 0.25) is 0 Å². The van der Waals surface area contributed by atoms with Crippen molar-refractivity contribution in [2.75, 3.05) is 6.26 Å². The lowest BCUT2D eigenvalue weighted by atomic mass is 10.3. The number of hydrogen-bond donors (Lipinski definition) is 1. The summed E-state index contributed by atoms with van der Waals surface area (Å²) in [6, 6.07) is 4.84. The first-order valence-corrected chi connectivity index (χ1v) is 8.81. The number of fused-ring (bicyclic) bond motifs is 1. The number of nitrogens with zero attached hydrogens (tertiary/aromatic N) is 2. The summed E-state index contributed by atoms with van der Waals surface area (Å²) in [5.74, 6) is 0. The monoisotopic (exact) mass is 299 g/mol. The van der Waals surface area contributed by atoms with Crippen molar-refractivity contribution in [2.45, 2.75) is 36.4 Å². The maximum Gasteiger partial charge on any atom is 0.238 e. The molecule has 7 heteroatoms. The van der Waals surface area contributed by atoms with Crippen LogP contribution in [0.15, 0.2) is 28.3 Å². The molecule has 0 radical (unpaired) electrons. The fourth-order valence-electron chi connectivity index (χ4n) is 1.95. The van der Waals surface area contributed by atoms with Gasteiger partial charge in [0.05, 0.1) is 15.9 Å². The standard InChI is InChI=1S/C12H17N3O2S2/c1-3-4-7-15-11-6-5-9(19(13,16)17)8-10(11)14-12(15)18-2/h5-6,8H,3-4,7H2,1-2H3,(H2,13,16,17). The van der Waals surface area contributed by atoms with E-state index in [-0.39, 0.29) is 4.90 Å². The minimum atomic E-state index is -3.68. The number of sulfonamides is 1. The van der Waals surface area contributed by atoms with E-state index in [1.165, 1.54) is 12.1 Å². The van der Waals surface area contributed by atoms with Crippen molar-refractivity contribution < 1.29 is 8.42 Å². The van der Waals surface area contributed by atoms with E-state index in [0.29, 0.717) is 5.52 Å². The van der Waals surface area contributed by atoms with Gasteiger partial charge in [-0.25, -0.2) is 18.5 Å². The zero-order valence-electron chi connectivity index (χ0n) is 11.0. The van der Waals surface area contributed by atoms with Crippen LogP contribution in [0, 0.1) is 0 Å². The summed E-state index contributed by atoms with van der Waals surface area (Å²) in [6.45, 7) is 3.02. The molecule has 0 spiro atoms. The maximum absolute atomic E-state index is 11.3. The normalized spacial score (nSPS) is 12.2. The Morgan fingerprint density at radius 1 is 1.42 bits per heavy atom. The third kappa shape index (κ3) is 2.93. The summed E-state index contributed by atoms with van der Waals surface area (Å²) in [5.41, 5.74) is 1.62. The van der Waals surface area contributed by atoms with E-state index in [0.717, 1.165) is 30.1 Å². The summed E-state index contributed by atoms with van der Waals surface area (Å²) in [4.78, 5) is 4.57. The molecule has 1 heterocycles. The van der Waals surface area contributed by atoms with Crippen molar-refractivity contribution >= 4 is 32.8 Å². The second-order valence-electron chi connectivity index (χ2n) is 4.30. The van der Waals surface area contributed by atoms with E-state index in [2.05, 4.69) is 16.5 Å². The average molecular weight is 299 g/mol. The van der Waals surface area contributed by atoms with Gasteiger partial charge >= 0.3 is 0 Å². The van der Waals surface area contributed by atoms with Crippen LogP contribution in [0.4, 0.5) is 0 Å². The Labute approximate surface area is 117 Å². The van der Waals surface area contributed by atoms with Crippen molar-refractivity contribution in [2.24, 2.45) is 5.14 Å². The molecule has 0 aliphatic heterocycles. The second-order valence-corrected chi connectivity index (χ2v) is 6.63. The fraction of sp³-hybridized carbons (Fsp3) is 0.417. The quantitative estimate of drug-likeness (QED) is 0.859. The number of benzene rings is 1.